The van der Waals surface area contributed by atoms with Gasteiger partial charge in [-0.2, -0.15) is 0 Å². The molecule has 4 rings (SSSR count). The molecule has 2 aromatic heterocycles. The van der Waals surface area contributed by atoms with Crippen molar-refractivity contribution in [2.75, 3.05) is 0 Å². The Morgan fingerprint density at radius 2 is 2.00 bits per heavy atom. The highest BCUT2D eigenvalue weighted by atomic mass is 16.3. The summed E-state index contributed by atoms with van der Waals surface area (Å²) >= 11 is 0. The minimum absolute atomic E-state index is 0.000990. The third-order valence-corrected chi connectivity index (χ3v) is 5.82. The van der Waals surface area contributed by atoms with E-state index in [4.69, 9.17) is 4.42 Å². The number of nitrogens with zero attached hydrogens (tertiary/aromatic N) is 1. The maximum absolute atomic E-state index is 12.8. The van der Waals surface area contributed by atoms with Crippen molar-refractivity contribution in [3.8, 4) is 0 Å². The molecule has 1 fully saturated rings. The van der Waals surface area contributed by atoms with Crippen molar-refractivity contribution in [3.63, 3.8) is 0 Å². The van der Waals surface area contributed by atoms with Gasteiger partial charge < -0.3 is 14.3 Å². The van der Waals surface area contributed by atoms with E-state index in [0.717, 1.165) is 28.5 Å². The lowest BCUT2D eigenvalue weighted by molar-refractivity contribution is 0.0883. The van der Waals surface area contributed by atoms with E-state index in [1.807, 2.05) is 41.9 Å². The number of hydrogen-bond acceptors (Lipinski definition) is 2. The highest BCUT2D eigenvalue weighted by Crippen LogP contribution is 2.32. The molecule has 4 nitrogen and oxygen atoms in total. The number of aryl methyl sites for hydroxylation is 1. The summed E-state index contributed by atoms with van der Waals surface area (Å²) in [7, 11) is 1.94. The molecule has 1 amide bonds. The number of carbonyl (C=O) groups is 1. The van der Waals surface area contributed by atoms with Crippen LogP contribution in [0.25, 0.3) is 22.1 Å². The molecule has 24 heavy (non-hydrogen) atoms. The molecule has 0 saturated heterocycles. The third-order valence-electron chi connectivity index (χ3n) is 5.82. The molecule has 1 N–H and O–H groups in total. The largest absolute Gasteiger partial charge is 0.454 e. The van der Waals surface area contributed by atoms with Crippen LogP contribution in [0.3, 0.4) is 0 Å². The van der Waals surface area contributed by atoms with Crippen LogP contribution < -0.4 is 5.32 Å². The summed E-state index contributed by atoms with van der Waals surface area (Å²) < 4.78 is 7.84. The molecule has 1 aliphatic carbocycles. The van der Waals surface area contributed by atoms with Crippen LogP contribution in [0.15, 0.2) is 34.7 Å². The Kier molecular flexibility index (Phi) is 3.63. The van der Waals surface area contributed by atoms with Crippen LogP contribution in [-0.2, 0) is 7.05 Å². The van der Waals surface area contributed by atoms with Crippen LogP contribution in [0.1, 0.15) is 43.6 Å². The Morgan fingerprint density at radius 3 is 2.83 bits per heavy atom. The second-order valence-electron chi connectivity index (χ2n) is 7.25. The van der Waals surface area contributed by atoms with E-state index in [9.17, 15) is 4.79 Å². The number of hydrogen-bond donors (Lipinski definition) is 1. The van der Waals surface area contributed by atoms with Crippen molar-refractivity contribution < 1.29 is 9.21 Å². The maximum Gasteiger partial charge on any atom is 0.268 e. The quantitative estimate of drug-likeness (QED) is 0.755. The fourth-order valence-electron chi connectivity index (χ4n) is 4.08. The summed E-state index contributed by atoms with van der Waals surface area (Å²) in [5.74, 6) is 1.18. The lowest BCUT2D eigenvalue weighted by Crippen LogP contribution is -2.44. The van der Waals surface area contributed by atoms with Gasteiger partial charge in [-0.25, -0.2) is 0 Å². The third kappa shape index (κ3) is 2.32. The zero-order chi connectivity index (χ0) is 16.8. The first-order valence-corrected chi connectivity index (χ1v) is 8.84. The number of benzene rings is 1. The molecule has 4 heteroatoms. The van der Waals surface area contributed by atoms with E-state index >= 15 is 0 Å². The predicted octanol–water partition coefficient (Wildman–Crippen LogP) is 4.48. The zero-order valence-corrected chi connectivity index (χ0v) is 14.5. The summed E-state index contributed by atoms with van der Waals surface area (Å²) in [5, 5.41) is 4.30. The Bertz CT molecular complexity index is 905. The molecule has 126 valence electrons. The van der Waals surface area contributed by atoms with Gasteiger partial charge in [-0.15, -0.1) is 0 Å². The summed E-state index contributed by atoms with van der Waals surface area (Å²) in [6, 6.07) is 10.1. The number of rotatable bonds is 2. The number of furan rings is 1. The number of nitrogens with one attached hydrogen (secondary N) is 1. The molecule has 2 heterocycles. The molecular weight excluding hydrogens is 300 g/mol. The van der Waals surface area contributed by atoms with Crippen molar-refractivity contribution in [3.05, 3.63) is 36.0 Å². The van der Waals surface area contributed by atoms with E-state index in [1.54, 1.807) is 0 Å². The monoisotopic (exact) mass is 324 g/mol. The molecule has 1 aromatic carbocycles. The molecule has 3 unspecified atom stereocenters. The van der Waals surface area contributed by atoms with Gasteiger partial charge in [0.2, 0.25) is 0 Å². The van der Waals surface area contributed by atoms with Crippen molar-refractivity contribution in [1.82, 2.24) is 9.88 Å². The molecule has 0 aliphatic heterocycles. The first kappa shape index (κ1) is 15.3. The molecule has 3 aromatic rings. The predicted molar refractivity (Wildman–Crippen MR) is 96.1 cm³/mol. The minimum Gasteiger partial charge on any atom is -0.454 e. The van der Waals surface area contributed by atoms with Crippen LogP contribution in [0.5, 0.6) is 0 Å². The Labute approximate surface area is 141 Å². The highest BCUT2D eigenvalue weighted by Gasteiger charge is 2.29. The highest BCUT2D eigenvalue weighted by molar-refractivity contribution is 6.07. The van der Waals surface area contributed by atoms with E-state index in [2.05, 4.69) is 19.2 Å². The van der Waals surface area contributed by atoms with Crippen molar-refractivity contribution in [1.29, 1.82) is 0 Å². The first-order chi connectivity index (χ1) is 11.6. The lowest BCUT2D eigenvalue weighted by atomic mass is 9.78. The number of aromatic nitrogens is 1. The molecule has 0 bridgehead atoms. The van der Waals surface area contributed by atoms with Crippen LogP contribution >= 0.6 is 0 Å². The summed E-state index contributed by atoms with van der Waals surface area (Å²) in [6.07, 6.45) is 3.52. The van der Waals surface area contributed by atoms with Gasteiger partial charge in [0.15, 0.2) is 5.58 Å². The van der Waals surface area contributed by atoms with Gasteiger partial charge in [-0.05, 0) is 30.4 Å². The lowest BCUT2D eigenvalue weighted by Gasteiger charge is -2.34. The van der Waals surface area contributed by atoms with E-state index < -0.39 is 0 Å². The Hall–Kier alpha value is -2.23. The van der Waals surface area contributed by atoms with Gasteiger partial charge in [0.1, 0.15) is 11.3 Å². The number of amides is 1. The molecular formula is C20H24N2O2. The van der Waals surface area contributed by atoms with Crippen LogP contribution in [0.4, 0.5) is 0 Å². The minimum atomic E-state index is -0.000990. The van der Waals surface area contributed by atoms with Gasteiger partial charge >= 0.3 is 0 Å². The summed E-state index contributed by atoms with van der Waals surface area (Å²) in [5.41, 5.74) is 3.29. The van der Waals surface area contributed by atoms with E-state index in [-0.39, 0.29) is 11.9 Å². The molecule has 3 atom stereocenters. The maximum atomic E-state index is 12.8. The van der Waals surface area contributed by atoms with E-state index in [1.165, 1.54) is 12.8 Å². The van der Waals surface area contributed by atoms with Crippen LogP contribution in [0, 0.1) is 11.8 Å². The van der Waals surface area contributed by atoms with Crippen molar-refractivity contribution in [2.24, 2.45) is 18.9 Å². The fourth-order valence-corrected chi connectivity index (χ4v) is 4.08. The van der Waals surface area contributed by atoms with Gasteiger partial charge in [0, 0.05) is 24.5 Å². The SMILES string of the molecule is CC1CCCC(NC(=O)c2cc3oc4ccccc4c3n2C)C1C. The molecule has 0 spiro atoms. The molecule has 1 aliphatic rings. The van der Waals surface area contributed by atoms with Gasteiger partial charge in [0.25, 0.3) is 5.91 Å². The Balaban J connectivity index is 1.66. The van der Waals surface area contributed by atoms with Gasteiger partial charge in [-0.3, -0.25) is 4.79 Å². The van der Waals surface area contributed by atoms with E-state index in [0.29, 0.717) is 17.5 Å². The number of para-hydroxylation sites is 1. The summed E-state index contributed by atoms with van der Waals surface area (Å²) in [4.78, 5) is 12.8. The van der Waals surface area contributed by atoms with Crippen LogP contribution in [0.2, 0.25) is 0 Å². The summed E-state index contributed by atoms with van der Waals surface area (Å²) in [6.45, 7) is 4.53. The topological polar surface area (TPSA) is 47.2 Å². The normalized spacial score (nSPS) is 24.5. The van der Waals surface area contributed by atoms with Gasteiger partial charge in [-0.1, -0.05) is 38.8 Å². The first-order valence-electron chi connectivity index (χ1n) is 8.84. The smallest absolute Gasteiger partial charge is 0.268 e. The second-order valence-corrected chi connectivity index (χ2v) is 7.25. The van der Waals surface area contributed by atoms with Crippen LogP contribution in [-0.4, -0.2) is 16.5 Å². The van der Waals surface area contributed by atoms with Crippen molar-refractivity contribution in [2.45, 2.75) is 39.2 Å². The number of fused-ring (bicyclic) bond motifs is 3. The second kappa shape index (κ2) is 5.69. The molecule has 1 saturated carbocycles. The average Bonchev–Trinajstić information content (AvgIpc) is 3.08. The van der Waals surface area contributed by atoms with Gasteiger partial charge in [0.05, 0.1) is 5.52 Å². The molecule has 0 radical (unpaired) electrons. The Morgan fingerprint density at radius 1 is 1.21 bits per heavy atom. The standard InChI is InChI=1S/C20H24N2O2/c1-12-7-6-9-15(13(12)2)21-20(23)16-11-18-19(22(16)3)14-8-4-5-10-17(14)24-18/h4-5,8,10-13,15H,6-7,9H2,1-3H3,(H,21,23). The fraction of sp³-hybridized carbons (Fsp3) is 0.450. The zero-order valence-electron chi connectivity index (χ0n) is 14.5. The average molecular weight is 324 g/mol. The number of carbonyl (C=O) groups excluding carboxylic acids is 1. The van der Waals surface area contributed by atoms with Crippen molar-refractivity contribution >= 4 is 28.0 Å².